The SMILES string of the molecule is C=C(CC(C)CC(CC)CCCC)C(C)(C)/C=C(C)/C(=C\C=N)CC. The number of unbranched alkanes of at least 4 members (excludes halogenated alkanes) is 1. The Morgan fingerprint density at radius 3 is 2.32 bits per heavy atom. The maximum absolute atomic E-state index is 7.32. The van der Waals surface area contributed by atoms with Crippen molar-refractivity contribution in [3.8, 4) is 0 Å². The molecule has 0 aliphatic rings. The van der Waals surface area contributed by atoms with Crippen molar-refractivity contribution >= 4 is 6.21 Å². The average molecular weight is 346 g/mol. The molecule has 0 amide bonds. The zero-order chi connectivity index (χ0) is 19.5. The first-order valence-corrected chi connectivity index (χ1v) is 10.3. The number of hydrogen-bond donors (Lipinski definition) is 1. The Balaban J connectivity index is 4.90. The molecule has 0 radical (unpaired) electrons. The Labute approximate surface area is 158 Å². The van der Waals surface area contributed by atoms with Crippen molar-refractivity contribution in [2.24, 2.45) is 17.3 Å². The van der Waals surface area contributed by atoms with E-state index in [2.05, 4.69) is 61.1 Å². The van der Waals surface area contributed by atoms with Crippen LogP contribution in [0.25, 0.3) is 0 Å². The van der Waals surface area contributed by atoms with Crippen LogP contribution < -0.4 is 0 Å². The highest BCUT2D eigenvalue weighted by atomic mass is 14.3. The summed E-state index contributed by atoms with van der Waals surface area (Å²) in [5.74, 6) is 1.57. The number of nitrogens with one attached hydrogen (secondary N) is 1. The Morgan fingerprint density at radius 1 is 1.20 bits per heavy atom. The third kappa shape index (κ3) is 9.23. The van der Waals surface area contributed by atoms with Gasteiger partial charge in [0.1, 0.15) is 0 Å². The minimum Gasteiger partial charge on any atom is -0.309 e. The summed E-state index contributed by atoms with van der Waals surface area (Å²) in [7, 11) is 0. The lowest BCUT2D eigenvalue weighted by Gasteiger charge is -2.29. The van der Waals surface area contributed by atoms with E-state index in [1.807, 2.05) is 6.08 Å². The van der Waals surface area contributed by atoms with Crippen LogP contribution in [-0.4, -0.2) is 6.21 Å². The first-order valence-electron chi connectivity index (χ1n) is 10.3. The largest absolute Gasteiger partial charge is 0.309 e. The second-order valence-electron chi connectivity index (χ2n) is 8.33. The van der Waals surface area contributed by atoms with Crippen molar-refractivity contribution in [2.45, 2.75) is 93.4 Å². The maximum Gasteiger partial charge on any atom is 0.0180 e. The molecule has 0 aliphatic carbocycles. The van der Waals surface area contributed by atoms with E-state index < -0.39 is 0 Å². The van der Waals surface area contributed by atoms with E-state index in [0.29, 0.717) is 5.92 Å². The van der Waals surface area contributed by atoms with Crippen molar-refractivity contribution in [2.75, 3.05) is 0 Å². The quantitative estimate of drug-likeness (QED) is 0.198. The number of rotatable bonds is 13. The third-order valence-electron chi connectivity index (χ3n) is 5.53. The Hall–Kier alpha value is -1.11. The number of allylic oxidation sites excluding steroid dienone is 5. The van der Waals surface area contributed by atoms with Crippen LogP contribution in [0.15, 0.2) is 35.5 Å². The molecule has 2 unspecified atom stereocenters. The molecule has 144 valence electrons. The molecule has 0 bridgehead atoms. The highest BCUT2D eigenvalue weighted by molar-refractivity contribution is 5.70. The molecule has 0 saturated heterocycles. The second kappa shape index (κ2) is 12.3. The maximum atomic E-state index is 7.32. The summed E-state index contributed by atoms with van der Waals surface area (Å²) in [4.78, 5) is 0. The molecule has 0 spiro atoms. The minimum absolute atomic E-state index is 0.000238. The lowest BCUT2D eigenvalue weighted by atomic mass is 9.77. The van der Waals surface area contributed by atoms with Gasteiger partial charge in [0, 0.05) is 11.6 Å². The Kier molecular flexibility index (Phi) is 11.7. The highest BCUT2D eigenvalue weighted by Gasteiger charge is 2.22. The van der Waals surface area contributed by atoms with E-state index in [9.17, 15) is 0 Å². The van der Waals surface area contributed by atoms with E-state index in [-0.39, 0.29) is 5.41 Å². The first kappa shape index (κ1) is 23.9. The van der Waals surface area contributed by atoms with Crippen molar-refractivity contribution in [1.29, 1.82) is 5.41 Å². The lowest BCUT2D eigenvalue weighted by Crippen LogP contribution is -2.16. The standard InChI is InChI=1S/C24H43N/c1-9-12-13-22(10-2)17-19(4)16-21(6)24(7,8)18-20(5)23(11-3)14-15-25/h14-15,18-19,22,25H,6,9-13,16-17H2,1-5,7-8H3/b20-18+,23-14-,25-15?. The van der Waals surface area contributed by atoms with Crippen LogP contribution in [0.2, 0.25) is 0 Å². The fourth-order valence-corrected chi connectivity index (χ4v) is 3.68. The third-order valence-corrected chi connectivity index (χ3v) is 5.53. The van der Waals surface area contributed by atoms with Crippen LogP contribution in [-0.2, 0) is 0 Å². The van der Waals surface area contributed by atoms with Crippen molar-refractivity contribution < 1.29 is 0 Å². The van der Waals surface area contributed by atoms with Crippen molar-refractivity contribution in [1.82, 2.24) is 0 Å². The summed E-state index contributed by atoms with van der Waals surface area (Å²) < 4.78 is 0. The fourth-order valence-electron chi connectivity index (χ4n) is 3.68. The zero-order valence-electron chi connectivity index (χ0n) is 18.0. The summed E-state index contributed by atoms with van der Waals surface area (Å²) in [5.41, 5.74) is 3.85. The van der Waals surface area contributed by atoms with E-state index in [4.69, 9.17) is 5.41 Å². The monoisotopic (exact) mass is 345 g/mol. The average Bonchev–Trinajstić information content (AvgIpc) is 2.55. The molecule has 0 fully saturated rings. The van der Waals surface area contributed by atoms with E-state index in [1.165, 1.54) is 55.0 Å². The van der Waals surface area contributed by atoms with Crippen LogP contribution in [0.1, 0.15) is 93.4 Å². The second-order valence-corrected chi connectivity index (χ2v) is 8.33. The fraction of sp³-hybridized carbons (Fsp3) is 0.708. The van der Waals surface area contributed by atoms with Gasteiger partial charge >= 0.3 is 0 Å². The van der Waals surface area contributed by atoms with Crippen LogP contribution in [0.4, 0.5) is 0 Å². The smallest absolute Gasteiger partial charge is 0.0180 e. The van der Waals surface area contributed by atoms with Gasteiger partial charge in [0.05, 0.1) is 0 Å². The van der Waals surface area contributed by atoms with Gasteiger partial charge in [-0.15, -0.1) is 0 Å². The molecule has 0 aromatic heterocycles. The molecule has 1 heteroatoms. The van der Waals surface area contributed by atoms with Crippen LogP contribution in [0, 0.1) is 22.7 Å². The lowest BCUT2D eigenvalue weighted by molar-refractivity contribution is 0.341. The molecular formula is C24H43N. The predicted octanol–water partition coefficient (Wildman–Crippen LogP) is 8.13. The van der Waals surface area contributed by atoms with Gasteiger partial charge in [-0.1, -0.05) is 91.0 Å². The summed E-state index contributed by atoms with van der Waals surface area (Å²) >= 11 is 0. The van der Waals surface area contributed by atoms with Gasteiger partial charge in [0.2, 0.25) is 0 Å². The summed E-state index contributed by atoms with van der Waals surface area (Å²) in [5, 5.41) is 7.32. The van der Waals surface area contributed by atoms with Crippen LogP contribution in [0.5, 0.6) is 0 Å². The minimum atomic E-state index is -0.000238. The van der Waals surface area contributed by atoms with Gasteiger partial charge in [-0.25, -0.2) is 0 Å². The molecule has 0 aromatic carbocycles. The van der Waals surface area contributed by atoms with Crippen LogP contribution >= 0.6 is 0 Å². The van der Waals surface area contributed by atoms with Gasteiger partial charge in [0.25, 0.3) is 0 Å². The Morgan fingerprint density at radius 2 is 1.84 bits per heavy atom. The zero-order valence-corrected chi connectivity index (χ0v) is 18.0. The number of hydrogen-bond acceptors (Lipinski definition) is 1. The predicted molar refractivity (Wildman–Crippen MR) is 116 cm³/mol. The first-order chi connectivity index (χ1) is 11.7. The molecule has 25 heavy (non-hydrogen) atoms. The summed E-state index contributed by atoms with van der Waals surface area (Å²) in [6.45, 7) is 20.3. The van der Waals surface area contributed by atoms with Crippen molar-refractivity contribution in [3.63, 3.8) is 0 Å². The van der Waals surface area contributed by atoms with Gasteiger partial charge < -0.3 is 5.41 Å². The molecule has 0 aliphatic heterocycles. The van der Waals surface area contributed by atoms with Gasteiger partial charge in [-0.3, -0.25) is 0 Å². The normalized spacial score (nSPS) is 15.8. The molecule has 2 atom stereocenters. The molecule has 0 aromatic rings. The Bertz CT molecular complexity index is 464. The molecular weight excluding hydrogens is 302 g/mol. The summed E-state index contributed by atoms with van der Waals surface area (Å²) in [6, 6.07) is 0. The molecule has 1 nitrogen and oxygen atoms in total. The van der Waals surface area contributed by atoms with E-state index in [0.717, 1.165) is 18.8 Å². The van der Waals surface area contributed by atoms with Crippen molar-refractivity contribution in [3.05, 3.63) is 35.5 Å². The van der Waals surface area contributed by atoms with Gasteiger partial charge in [-0.05, 0) is 49.7 Å². The van der Waals surface area contributed by atoms with Crippen LogP contribution in [0.3, 0.4) is 0 Å². The topological polar surface area (TPSA) is 23.9 Å². The highest BCUT2D eigenvalue weighted by Crippen LogP contribution is 2.35. The molecule has 0 rings (SSSR count). The molecule has 0 heterocycles. The van der Waals surface area contributed by atoms with E-state index >= 15 is 0 Å². The summed E-state index contributed by atoms with van der Waals surface area (Å²) in [6.07, 6.45) is 14.4. The van der Waals surface area contributed by atoms with Gasteiger partial charge in [0.15, 0.2) is 0 Å². The van der Waals surface area contributed by atoms with E-state index in [1.54, 1.807) is 0 Å². The molecule has 1 N–H and O–H groups in total. The van der Waals surface area contributed by atoms with Gasteiger partial charge in [-0.2, -0.15) is 0 Å². The molecule has 0 saturated carbocycles.